The second-order valence-corrected chi connectivity index (χ2v) is 8.29. The quantitative estimate of drug-likeness (QED) is 0.725. The summed E-state index contributed by atoms with van der Waals surface area (Å²) in [6, 6.07) is 1.65. The summed E-state index contributed by atoms with van der Waals surface area (Å²) >= 11 is 6.04. The maximum absolute atomic E-state index is 12.2. The van der Waals surface area contributed by atoms with Crippen molar-refractivity contribution in [3.8, 4) is 0 Å². The molecule has 0 bridgehead atoms. The number of carbonyl (C=O) groups is 2. The zero-order valence-electron chi connectivity index (χ0n) is 17.2. The van der Waals surface area contributed by atoms with Gasteiger partial charge in [-0.2, -0.15) is 5.10 Å². The van der Waals surface area contributed by atoms with E-state index < -0.39 is 11.7 Å². The minimum absolute atomic E-state index is 0.00888. The first-order chi connectivity index (χ1) is 14.2. The van der Waals surface area contributed by atoms with Crippen LogP contribution in [0.3, 0.4) is 0 Å². The van der Waals surface area contributed by atoms with E-state index in [0.717, 1.165) is 0 Å². The number of ether oxygens (including phenoxy) is 2. The van der Waals surface area contributed by atoms with Gasteiger partial charge in [-0.3, -0.25) is 10.00 Å². The molecule has 2 amide bonds. The van der Waals surface area contributed by atoms with Crippen molar-refractivity contribution >= 4 is 40.6 Å². The van der Waals surface area contributed by atoms with E-state index in [0.29, 0.717) is 37.0 Å². The first-order valence-corrected chi connectivity index (χ1v) is 10.00. The third kappa shape index (κ3) is 5.18. The summed E-state index contributed by atoms with van der Waals surface area (Å²) in [5, 5.41) is 15.4. The Morgan fingerprint density at radius 2 is 2.03 bits per heavy atom. The Morgan fingerprint density at radius 3 is 2.67 bits per heavy atom. The molecule has 0 radical (unpaired) electrons. The molecule has 0 aromatic carbocycles. The van der Waals surface area contributed by atoms with Crippen molar-refractivity contribution in [3.63, 3.8) is 0 Å². The van der Waals surface area contributed by atoms with Crippen molar-refractivity contribution in [1.82, 2.24) is 24.9 Å². The second-order valence-electron chi connectivity index (χ2n) is 7.90. The average molecular weight is 437 g/mol. The zero-order valence-corrected chi connectivity index (χ0v) is 18.0. The minimum Gasteiger partial charge on any atom is -0.445 e. The topological polar surface area (TPSA) is 111 Å². The molecule has 2 aromatic heterocycles. The molecular formula is C19H25ClN6O4. The number of fused-ring (bicyclic) bond motifs is 1. The first kappa shape index (κ1) is 21.8. The van der Waals surface area contributed by atoms with Gasteiger partial charge in [0.1, 0.15) is 12.2 Å². The molecule has 0 aliphatic carbocycles. The number of nitrogens with zero attached hydrogens (tertiary/aromatic N) is 5. The monoisotopic (exact) mass is 436 g/mol. The molecule has 3 rings (SSSR count). The molecule has 0 atom stereocenters. The second kappa shape index (κ2) is 8.86. The van der Waals surface area contributed by atoms with Crippen LogP contribution in [-0.2, 0) is 9.47 Å². The van der Waals surface area contributed by atoms with Gasteiger partial charge in [0, 0.05) is 19.2 Å². The number of nitrogens with one attached hydrogen (secondary N) is 1. The van der Waals surface area contributed by atoms with Crippen LogP contribution in [-0.4, -0.2) is 62.4 Å². The number of anilines is 1. The third-order valence-corrected chi connectivity index (χ3v) is 4.62. The maximum Gasteiger partial charge on any atom is 0.413 e. The van der Waals surface area contributed by atoms with E-state index >= 15 is 0 Å². The Balaban J connectivity index is 1.79. The van der Waals surface area contributed by atoms with E-state index in [1.54, 1.807) is 36.4 Å². The van der Waals surface area contributed by atoms with Crippen LogP contribution in [0.5, 0.6) is 0 Å². The molecule has 1 N–H and O–H groups in total. The van der Waals surface area contributed by atoms with Gasteiger partial charge in [0.25, 0.3) is 0 Å². The lowest BCUT2D eigenvalue weighted by Crippen LogP contribution is -2.39. The van der Waals surface area contributed by atoms with Crippen molar-refractivity contribution in [2.45, 2.75) is 45.3 Å². The molecule has 1 saturated heterocycles. The lowest BCUT2D eigenvalue weighted by molar-refractivity contribution is 0.0634. The Labute approximate surface area is 179 Å². The lowest BCUT2D eigenvalue weighted by atomic mass is 10.1. The standard InChI is InChI=1S/C19H25ClN6O4/c1-5-10-29-18(28)25-8-6-12(7-9-25)26-13-11-14(20)22-23-15(13)16(24-26)21-17(27)30-19(2,3)4/h5,11-12H,1,6-10H2,2-4H3,(H,21,24,27). The van der Waals surface area contributed by atoms with Gasteiger partial charge in [-0.15, -0.1) is 10.2 Å². The van der Waals surface area contributed by atoms with E-state index in [1.165, 1.54) is 6.08 Å². The number of rotatable bonds is 4. The third-order valence-electron chi connectivity index (χ3n) is 4.44. The molecule has 30 heavy (non-hydrogen) atoms. The fourth-order valence-corrected chi connectivity index (χ4v) is 3.33. The van der Waals surface area contributed by atoms with Crippen LogP contribution in [0.1, 0.15) is 39.7 Å². The Bertz CT molecular complexity index is 946. The Hall–Kier alpha value is -2.88. The first-order valence-electron chi connectivity index (χ1n) is 9.62. The number of aromatic nitrogens is 4. The predicted molar refractivity (Wildman–Crippen MR) is 112 cm³/mol. The molecule has 1 fully saturated rings. The van der Waals surface area contributed by atoms with Crippen LogP contribution in [0.25, 0.3) is 11.0 Å². The SMILES string of the molecule is C=CCOC(=O)N1CCC(n2nc(NC(=O)OC(C)(C)C)c3nnc(Cl)cc32)CC1. The Morgan fingerprint density at radius 1 is 1.33 bits per heavy atom. The van der Waals surface area contributed by atoms with Gasteiger partial charge < -0.3 is 14.4 Å². The van der Waals surface area contributed by atoms with Crippen LogP contribution in [0.4, 0.5) is 15.4 Å². The molecule has 0 unspecified atom stereocenters. The van der Waals surface area contributed by atoms with Crippen molar-refractivity contribution in [3.05, 3.63) is 23.9 Å². The van der Waals surface area contributed by atoms with E-state index in [2.05, 4.69) is 27.2 Å². The molecule has 3 heterocycles. The van der Waals surface area contributed by atoms with E-state index in [1.807, 2.05) is 0 Å². The number of amides is 2. The van der Waals surface area contributed by atoms with Crippen molar-refractivity contribution < 1.29 is 19.1 Å². The van der Waals surface area contributed by atoms with Gasteiger partial charge in [-0.25, -0.2) is 9.59 Å². The molecule has 1 aliphatic heterocycles. The lowest BCUT2D eigenvalue weighted by Gasteiger charge is -2.31. The van der Waals surface area contributed by atoms with Gasteiger partial charge in [0.2, 0.25) is 0 Å². The molecule has 1 aliphatic rings. The van der Waals surface area contributed by atoms with Crippen LogP contribution in [0.2, 0.25) is 5.15 Å². The molecule has 162 valence electrons. The summed E-state index contributed by atoms with van der Waals surface area (Å²) in [5.74, 6) is 0.247. The van der Waals surface area contributed by atoms with Crippen molar-refractivity contribution in [2.24, 2.45) is 0 Å². The zero-order chi connectivity index (χ0) is 21.9. The molecule has 0 spiro atoms. The van der Waals surface area contributed by atoms with Crippen molar-refractivity contribution in [1.29, 1.82) is 0 Å². The average Bonchev–Trinajstić information content (AvgIpc) is 3.02. The summed E-state index contributed by atoms with van der Waals surface area (Å²) in [6.45, 7) is 10.1. The highest BCUT2D eigenvalue weighted by molar-refractivity contribution is 6.29. The highest BCUT2D eigenvalue weighted by Crippen LogP contribution is 2.30. The summed E-state index contributed by atoms with van der Waals surface area (Å²) in [6.07, 6.45) is 1.85. The van der Waals surface area contributed by atoms with Gasteiger partial charge in [-0.05, 0) is 33.6 Å². The van der Waals surface area contributed by atoms with Gasteiger partial charge >= 0.3 is 12.2 Å². The van der Waals surface area contributed by atoms with Gasteiger partial charge in [0.15, 0.2) is 16.5 Å². The number of carbonyl (C=O) groups excluding carboxylic acids is 2. The molecule has 0 saturated carbocycles. The van der Waals surface area contributed by atoms with E-state index in [4.69, 9.17) is 21.1 Å². The van der Waals surface area contributed by atoms with Crippen LogP contribution in [0.15, 0.2) is 18.7 Å². The maximum atomic E-state index is 12.2. The highest BCUT2D eigenvalue weighted by Gasteiger charge is 2.28. The van der Waals surface area contributed by atoms with Gasteiger partial charge in [-0.1, -0.05) is 24.3 Å². The number of hydrogen-bond donors (Lipinski definition) is 1. The van der Waals surface area contributed by atoms with Crippen molar-refractivity contribution in [2.75, 3.05) is 25.0 Å². The fraction of sp³-hybridized carbons (Fsp3) is 0.526. The largest absolute Gasteiger partial charge is 0.445 e. The summed E-state index contributed by atoms with van der Waals surface area (Å²) in [7, 11) is 0. The minimum atomic E-state index is -0.648. The van der Waals surface area contributed by atoms with Gasteiger partial charge in [0.05, 0.1) is 11.6 Å². The highest BCUT2D eigenvalue weighted by atomic mass is 35.5. The molecule has 11 heteroatoms. The number of halogens is 1. The number of likely N-dealkylation sites (tertiary alicyclic amines) is 1. The predicted octanol–water partition coefficient (Wildman–Crippen LogP) is 3.79. The number of piperidine rings is 1. The molecule has 2 aromatic rings. The van der Waals surface area contributed by atoms with Crippen LogP contribution < -0.4 is 5.32 Å². The summed E-state index contributed by atoms with van der Waals surface area (Å²) in [5.41, 5.74) is 0.414. The normalized spacial score (nSPS) is 15.1. The van der Waals surface area contributed by atoms with Crippen LogP contribution in [0, 0.1) is 0 Å². The molecule has 10 nitrogen and oxygen atoms in total. The summed E-state index contributed by atoms with van der Waals surface area (Å²) < 4.78 is 12.2. The van der Waals surface area contributed by atoms with E-state index in [9.17, 15) is 9.59 Å². The smallest absolute Gasteiger partial charge is 0.413 e. The Kier molecular flexibility index (Phi) is 6.45. The molecular weight excluding hydrogens is 412 g/mol. The number of hydrogen-bond acceptors (Lipinski definition) is 7. The van der Waals surface area contributed by atoms with Crippen LogP contribution >= 0.6 is 11.6 Å². The van der Waals surface area contributed by atoms with E-state index in [-0.39, 0.29) is 29.7 Å². The fourth-order valence-electron chi connectivity index (χ4n) is 3.19. The summed E-state index contributed by atoms with van der Waals surface area (Å²) in [4.78, 5) is 25.9.